The number of hydrogen-bond acceptors (Lipinski definition) is 4. The van der Waals surface area contributed by atoms with E-state index in [1.807, 2.05) is 6.19 Å². The molecule has 0 spiro atoms. The van der Waals surface area contributed by atoms with Gasteiger partial charge in [-0.3, -0.25) is 0 Å². The fourth-order valence-corrected chi connectivity index (χ4v) is 4.27. The molecular formula is C21H25ClN4OS. The highest BCUT2D eigenvalue weighted by Crippen LogP contribution is 2.30. The quantitative estimate of drug-likeness (QED) is 0.393. The Morgan fingerprint density at radius 2 is 2.14 bits per heavy atom. The van der Waals surface area contributed by atoms with Crippen LogP contribution in [-0.2, 0) is 12.0 Å². The smallest absolute Gasteiger partial charge is 0.207 e. The van der Waals surface area contributed by atoms with Crippen molar-refractivity contribution in [3.05, 3.63) is 44.7 Å². The Kier molecular flexibility index (Phi) is 6.26. The number of benzene rings is 1. The van der Waals surface area contributed by atoms with Crippen molar-refractivity contribution in [3.8, 4) is 11.9 Å². The predicted octanol–water partition coefficient (Wildman–Crippen LogP) is 5.14. The maximum Gasteiger partial charge on any atom is 0.207 e. The van der Waals surface area contributed by atoms with E-state index in [9.17, 15) is 5.26 Å². The van der Waals surface area contributed by atoms with Crippen molar-refractivity contribution in [2.75, 3.05) is 7.11 Å². The summed E-state index contributed by atoms with van der Waals surface area (Å²) in [5.74, 6) is 1.59. The van der Waals surface area contributed by atoms with E-state index in [2.05, 4.69) is 36.5 Å². The summed E-state index contributed by atoms with van der Waals surface area (Å²) in [7, 11) is 1.58. The largest absolute Gasteiger partial charge is 0.496 e. The molecule has 0 amide bonds. The standard InChI is InChI=1S/C21H25ClN4OS/c1-21(2,3)18-12-26(11-14-6-5-7-14)20(28-18)25-19(24-13-23)16-10-15(22)8-9-17(16)27-4/h8-10,12,14H,5-7,11H2,1-4H3. The van der Waals surface area contributed by atoms with Gasteiger partial charge >= 0.3 is 0 Å². The van der Waals surface area contributed by atoms with Crippen molar-refractivity contribution in [3.63, 3.8) is 0 Å². The summed E-state index contributed by atoms with van der Waals surface area (Å²) in [6.45, 7) is 7.53. The van der Waals surface area contributed by atoms with Gasteiger partial charge in [0.15, 0.2) is 10.6 Å². The highest BCUT2D eigenvalue weighted by atomic mass is 35.5. The van der Waals surface area contributed by atoms with Gasteiger partial charge in [-0.05, 0) is 42.4 Å². The zero-order valence-electron chi connectivity index (χ0n) is 16.7. The number of hydrogen-bond donors (Lipinski definition) is 0. The van der Waals surface area contributed by atoms with Crippen LogP contribution < -0.4 is 9.54 Å². The summed E-state index contributed by atoms with van der Waals surface area (Å²) in [6.07, 6.45) is 7.88. The Hall–Kier alpha value is -2.10. The number of halogens is 1. The molecule has 1 aliphatic carbocycles. The van der Waals surface area contributed by atoms with Crippen LogP contribution in [0.5, 0.6) is 5.75 Å². The minimum absolute atomic E-state index is 0.0279. The van der Waals surface area contributed by atoms with Crippen LogP contribution in [0.2, 0.25) is 5.02 Å². The first-order valence-electron chi connectivity index (χ1n) is 9.38. The predicted molar refractivity (Wildman–Crippen MR) is 114 cm³/mol. The van der Waals surface area contributed by atoms with Gasteiger partial charge in [0.25, 0.3) is 0 Å². The van der Waals surface area contributed by atoms with Crippen LogP contribution in [-0.4, -0.2) is 17.5 Å². The number of amidine groups is 1. The molecule has 5 nitrogen and oxygen atoms in total. The number of aromatic nitrogens is 1. The van der Waals surface area contributed by atoms with Crippen LogP contribution >= 0.6 is 22.9 Å². The molecule has 2 aromatic rings. The molecule has 1 aromatic carbocycles. The molecule has 0 bridgehead atoms. The van der Waals surface area contributed by atoms with Gasteiger partial charge in [0.1, 0.15) is 5.75 Å². The number of aliphatic imine (C=N–C) groups is 1. The van der Waals surface area contributed by atoms with E-state index >= 15 is 0 Å². The molecule has 0 N–H and O–H groups in total. The second kappa shape index (κ2) is 8.50. The molecule has 0 atom stereocenters. The Bertz CT molecular complexity index is 987. The van der Waals surface area contributed by atoms with E-state index in [1.54, 1.807) is 36.6 Å². The topological polar surface area (TPSA) is 62.7 Å². The number of nitriles is 1. The summed E-state index contributed by atoms with van der Waals surface area (Å²) in [4.78, 5) is 10.9. The Balaban J connectivity index is 2.13. The third kappa shape index (κ3) is 4.65. The molecule has 0 radical (unpaired) electrons. The van der Waals surface area contributed by atoms with E-state index in [0.29, 0.717) is 28.1 Å². The monoisotopic (exact) mass is 416 g/mol. The van der Waals surface area contributed by atoms with Crippen molar-refractivity contribution >= 4 is 28.8 Å². The van der Waals surface area contributed by atoms with Crippen molar-refractivity contribution in [2.45, 2.75) is 52.0 Å². The fourth-order valence-electron chi connectivity index (χ4n) is 3.04. The lowest BCUT2D eigenvalue weighted by atomic mass is 9.85. The summed E-state index contributed by atoms with van der Waals surface area (Å²) in [5.41, 5.74) is 0.637. The van der Waals surface area contributed by atoms with Gasteiger partial charge in [-0.25, -0.2) is 0 Å². The van der Waals surface area contributed by atoms with Crippen LogP contribution in [0.3, 0.4) is 0 Å². The lowest BCUT2D eigenvalue weighted by Crippen LogP contribution is -2.24. The first kappa shape index (κ1) is 20.6. The Labute approximate surface area is 175 Å². The number of thiazole rings is 1. The van der Waals surface area contributed by atoms with Crippen LogP contribution in [0.4, 0.5) is 0 Å². The van der Waals surface area contributed by atoms with Crippen LogP contribution in [0.25, 0.3) is 0 Å². The van der Waals surface area contributed by atoms with Crippen LogP contribution in [0, 0.1) is 17.4 Å². The molecule has 7 heteroatoms. The van der Waals surface area contributed by atoms with E-state index in [-0.39, 0.29) is 5.41 Å². The summed E-state index contributed by atoms with van der Waals surface area (Å²) < 4.78 is 7.64. The van der Waals surface area contributed by atoms with Crippen molar-refractivity contribution < 1.29 is 4.74 Å². The number of methoxy groups -OCH3 is 1. The molecule has 1 aromatic heterocycles. The maximum atomic E-state index is 9.23. The third-order valence-corrected chi connectivity index (χ3v) is 6.58. The van der Waals surface area contributed by atoms with Gasteiger partial charge in [-0.15, -0.1) is 11.3 Å². The Morgan fingerprint density at radius 3 is 2.71 bits per heavy atom. The SMILES string of the molecule is COc1ccc(Cl)cc1C(=NC#N)N=c1sc(C(C)(C)C)cn1CC1CCC1. The van der Waals surface area contributed by atoms with E-state index in [4.69, 9.17) is 21.3 Å². The third-order valence-electron chi connectivity index (χ3n) is 4.90. The minimum atomic E-state index is 0.0279. The highest BCUT2D eigenvalue weighted by Gasteiger charge is 2.22. The molecule has 1 fully saturated rings. The molecule has 0 unspecified atom stereocenters. The van der Waals surface area contributed by atoms with E-state index in [0.717, 1.165) is 11.3 Å². The second-order valence-corrected chi connectivity index (χ2v) is 9.51. The summed E-state index contributed by atoms with van der Waals surface area (Å²) in [6, 6.07) is 5.24. The molecule has 0 saturated heterocycles. The van der Waals surface area contributed by atoms with Gasteiger partial charge in [0.2, 0.25) is 6.19 Å². The lowest BCUT2D eigenvalue weighted by Gasteiger charge is -2.25. The summed E-state index contributed by atoms with van der Waals surface area (Å²) in [5, 5.41) is 9.77. The van der Waals surface area contributed by atoms with Crippen molar-refractivity contribution in [1.82, 2.24) is 4.57 Å². The summed E-state index contributed by atoms with van der Waals surface area (Å²) >= 11 is 7.82. The Morgan fingerprint density at radius 1 is 1.39 bits per heavy atom. The molecule has 1 aliphatic rings. The van der Waals surface area contributed by atoms with Crippen molar-refractivity contribution in [2.24, 2.45) is 15.9 Å². The number of rotatable bonds is 4. The molecule has 0 aliphatic heterocycles. The van der Waals surface area contributed by atoms with Gasteiger partial charge in [-0.1, -0.05) is 38.8 Å². The first-order valence-corrected chi connectivity index (χ1v) is 10.6. The molecule has 3 rings (SSSR count). The molecule has 148 valence electrons. The molecule has 1 saturated carbocycles. The number of ether oxygens (including phenoxy) is 1. The van der Waals surface area contributed by atoms with E-state index in [1.165, 1.54) is 24.1 Å². The van der Waals surface area contributed by atoms with Gasteiger partial charge < -0.3 is 9.30 Å². The zero-order valence-corrected chi connectivity index (χ0v) is 18.3. The van der Waals surface area contributed by atoms with Crippen LogP contribution in [0.15, 0.2) is 34.4 Å². The van der Waals surface area contributed by atoms with Gasteiger partial charge in [0.05, 0.1) is 12.7 Å². The average molecular weight is 417 g/mol. The molecular weight excluding hydrogens is 392 g/mol. The van der Waals surface area contributed by atoms with E-state index < -0.39 is 0 Å². The van der Waals surface area contributed by atoms with Crippen molar-refractivity contribution in [1.29, 1.82) is 5.26 Å². The minimum Gasteiger partial charge on any atom is -0.496 e. The maximum absolute atomic E-state index is 9.23. The highest BCUT2D eigenvalue weighted by molar-refractivity contribution is 7.09. The fraction of sp³-hybridized carbons (Fsp3) is 0.476. The van der Waals surface area contributed by atoms with Gasteiger partial charge in [0, 0.05) is 22.6 Å². The van der Waals surface area contributed by atoms with Gasteiger partial charge in [-0.2, -0.15) is 15.2 Å². The zero-order chi connectivity index (χ0) is 20.3. The molecule has 1 heterocycles. The number of nitrogens with zero attached hydrogens (tertiary/aromatic N) is 4. The average Bonchev–Trinajstić information content (AvgIpc) is 3.01. The second-order valence-electron chi connectivity index (χ2n) is 8.07. The van der Waals surface area contributed by atoms with Crippen LogP contribution in [0.1, 0.15) is 50.5 Å². The molecule has 28 heavy (non-hydrogen) atoms. The lowest BCUT2D eigenvalue weighted by molar-refractivity contribution is 0.274. The normalized spacial score (nSPS) is 16.0. The first-order chi connectivity index (χ1) is 13.3.